The van der Waals surface area contributed by atoms with E-state index in [2.05, 4.69) is 32.5 Å². The van der Waals surface area contributed by atoms with E-state index in [9.17, 15) is 0 Å². The summed E-state index contributed by atoms with van der Waals surface area (Å²) in [6.07, 6.45) is 2.43. The fourth-order valence-electron chi connectivity index (χ4n) is 2.86. The molecule has 1 aliphatic rings. The maximum atomic E-state index is 5.21. The van der Waals surface area contributed by atoms with Gasteiger partial charge in [-0.25, -0.2) is 4.99 Å². The average molecular weight is 342 g/mol. The first-order valence-corrected chi connectivity index (χ1v) is 8.68. The first-order chi connectivity index (χ1) is 12.2. The highest BCUT2D eigenvalue weighted by Gasteiger charge is 2.17. The lowest BCUT2D eigenvalue weighted by Gasteiger charge is -2.21. The van der Waals surface area contributed by atoms with E-state index in [0.717, 1.165) is 42.0 Å². The molecular weight excluding hydrogens is 316 g/mol. The van der Waals surface area contributed by atoms with Gasteiger partial charge in [0.25, 0.3) is 0 Å². The summed E-state index contributed by atoms with van der Waals surface area (Å²) in [7, 11) is 3.66. The minimum Gasteiger partial charge on any atom is -0.497 e. The number of likely N-dealkylation sites (tertiary alicyclic amines) is 1. The van der Waals surface area contributed by atoms with E-state index in [-0.39, 0.29) is 0 Å². The molecule has 1 aromatic heterocycles. The first kappa shape index (κ1) is 17.3. The van der Waals surface area contributed by atoms with Gasteiger partial charge in [-0.1, -0.05) is 12.1 Å². The summed E-state index contributed by atoms with van der Waals surface area (Å²) in [5.41, 5.74) is 1.16. The van der Waals surface area contributed by atoms with E-state index in [1.807, 2.05) is 30.7 Å². The van der Waals surface area contributed by atoms with Gasteiger partial charge in [0.05, 0.1) is 20.2 Å². The fourth-order valence-corrected chi connectivity index (χ4v) is 2.86. The molecule has 1 N–H and O–H groups in total. The van der Waals surface area contributed by atoms with Gasteiger partial charge in [-0.3, -0.25) is 0 Å². The maximum absolute atomic E-state index is 5.21. The molecule has 1 aliphatic heterocycles. The summed E-state index contributed by atoms with van der Waals surface area (Å²) >= 11 is 0. The van der Waals surface area contributed by atoms with Crippen LogP contribution in [0.3, 0.4) is 0 Å². The highest BCUT2D eigenvalue weighted by molar-refractivity contribution is 5.80. The molecule has 1 fully saturated rings. The van der Waals surface area contributed by atoms with Gasteiger partial charge in [0.2, 0.25) is 0 Å². The Morgan fingerprint density at radius 2 is 1.92 bits per heavy atom. The molecule has 2 heterocycles. The zero-order valence-corrected chi connectivity index (χ0v) is 15.2. The van der Waals surface area contributed by atoms with E-state index in [1.165, 1.54) is 12.8 Å². The first-order valence-electron chi connectivity index (χ1n) is 8.68. The maximum Gasteiger partial charge on any atom is 0.194 e. The van der Waals surface area contributed by atoms with Crippen molar-refractivity contribution in [2.45, 2.75) is 32.9 Å². The van der Waals surface area contributed by atoms with Crippen LogP contribution in [0.5, 0.6) is 5.75 Å². The zero-order valence-electron chi connectivity index (χ0n) is 15.2. The summed E-state index contributed by atoms with van der Waals surface area (Å²) in [6, 6.07) is 8.04. The van der Waals surface area contributed by atoms with Gasteiger partial charge in [0.15, 0.2) is 11.8 Å². The normalized spacial score (nSPS) is 14.8. The molecule has 7 nitrogen and oxygen atoms in total. The molecule has 25 heavy (non-hydrogen) atoms. The predicted octanol–water partition coefficient (Wildman–Crippen LogP) is 1.87. The largest absolute Gasteiger partial charge is 0.497 e. The molecule has 0 atom stereocenters. The molecule has 0 radical (unpaired) electrons. The number of hydrogen-bond acceptors (Lipinski definition) is 4. The number of nitrogens with one attached hydrogen (secondary N) is 1. The Balaban J connectivity index is 1.68. The second-order valence-electron chi connectivity index (χ2n) is 6.26. The van der Waals surface area contributed by atoms with Gasteiger partial charge >= 0.3 is 0 Å². The van der Waals surface area contributed by atoms with E-state index < -0.39 is 0 Å². The number of aliphatic imine (C=N–C) groups is 1. The average Bonchev–Trinajstić information content (AvgIpc) is 3.28. The molecule has 0 aliphatic carbocycles. The number of hydrogen-bond donors (Lipinski definition) is 1. The predicted molar refractivity (Wildman–Crippen MR) is 97.5 cm³/mol. The SMILES string of the molecule is COc1ccc(CN=C(NCc2nnc(C)n2C)N2CCCC2)cc1. The number of aromatic nitrogens is 3. The minimum atomic E-state index is 0.620. The van der Waals surface area contributed by atoms with Gasteiger partial charge < -0.3 is 19.5 Å². The van der Waals surface area contributed by atoms with Crippen LogP contribution in [0.4, 0.5) is 0 Å². The molecule has 134 valence electrons. The van der Waals surface area contributed by atoms with Crippen LogP contribution < -0.4 is 10.1 Å². The number of guanidine groups is 1. The summed E-state index contributed by atoms with van der Waals surface area (Å²) in [5.74, 6) is 3.63. The van der Waals surface area contributed by atoms with E-state index in [4.69, 9.17) is 9.73 Å². The van der Waals surface area contributed by atoms with Crippen LogP contribution >= 0.6 is 0 Å². The quantitative estimate of drug-likeness (QED) is 0.664. The number of ether oxygens (including phenoxy) is 1. The monoisotopic (exact) mass is 342 g/mol. The third kappa shape index (κ3) is 4.29. The number of rotatable bonds is 5. The molecule has 0 spiro atoms. The highest BCUT2D eigenvalue weighted by Crippen LogP contribution is 2.13. The van der Waals surface area contributed by atoms with Crippen molar-refractivity contribution in [3.05, 3.63) is 41.5 Å². The second kappa shape index (κ2) is 8.00. The van der Waals surface area contributed by atoms with Crippen molar-refractivity contribution in [2.24, 2.45) is 12.0 Å². The summed E-state index contributed by atoms with van der Waals surface area (Å²) in [5, 5.41) is 11.8. The third-order valence-electron chi connectivity index (χ3n) is 4.56. The van der Waals surface area contributed by atoms with Crippen LogP contribution in [0.1, 0.15) is 30.1 Å². The van der Waals surface area contributed by atoms with Crippen molar-refractivity contribution in [3.8, 4) is 5.75 Å². The minimum absolute atomic E-state index is 0.620. The Labute approximate surface area is 148 Å². The van der Waals surface area contributed by atoms with E-state index in [1.54, 1.807) is 7.11 Å². The van der Waals surface area contributed by atoms with E-state index in [0.29, 0.717) is 13.1 Å². The van der Waals surface area contributed by atoms with Gasteiger partial charge in [0, 0.05) is 20.1 Å². The topological polar surface area (TPSA) is 67.6 Å². The molecule has 0 saturated carbocycles. The van der Waals surface area contributed by atoms with Crippen LogP contribution in [0.15, 0.2) is 29.3 Å². The Morgan fingerprint density at radius 1 is 1.20 bits per heavy atom. The Kier molecular flexibility index (Phi) is 5.53. The van der Waals surface area contributed by atoms with Gasteiger partial charge in [-0.05, 0) is 37.5 Å². The lowest BCUT2D eigenvalue weighted by Crippen LogP contribution is -2.39. The number of methoxy groups -OCH3 is 1. The van der Waals surface area contributed by atoms with Crippen LogP contribution in [0.2, 0.25) is 0 Å². The lowest BCUT2D eigenvalue weighted by molar-refractivity contribution is 0.414. The molecule has 1 saturated heterocycles. The summed E-state index contributed by atoms with van der Waals surface area (Å²) in [4.78, 5) is 7.13. The third-order valence-corrected chi connectivity index (χ3v) is 4.56. The fraction of sp³-hybridized carbons (Fsp3) is 0.500. The van der Waals surface area contributed by atoms with Gasteiger partial charge in [-0.15, -0.1) is 10.2 Å². The molecule has 1 aromatic carbocycles. The highest BCUT2D eigenvalue weighted by atomic mass is 16.5. The molecule has 3 rings (SSSR count). The van der Waals surface area contributed by atoms with Crippen LogP contribution in [0.25, 0.3) is 0 Å². The second-order valence-corrected chi connectivity index (χ2v) is 6.26. The Hall–Kier alpha value is -2.57. The van der Waals surface area contributed by atoms with Crippen molar-refractivity contribution < 1.29 is 4.74 Å². The Bertz CT molecular complexity index is 716. The van der Waals surface area contributed by atoms with Crippen molar-refractivity contribution in [1.82, 2.24) is 25.0 Å². The molecule has 0 unspecified atom stereocenters. The number of benzene rings is 1. The molecule has 7 heteroatoms. The molecular formula is C18H26N6O. The van der Waals surface area contributed by atoms with Crippen molar-refractivity contribution in [1.29, 1.82) is 0 Å². The van der Waals surface area contributed by atoms with Gasteiger partial charge in [-0.2, -0.15) is 0 Å². The molecule has 2 aromatic rings. The Morgan fingerprint density at radius 3 is 2.52 bits per heavy atom. The summed E-state index contributed by atoms with van der Waals surface area (Å²) in [6.45, 7) is 5.31. The van der Waals surface area contributed by atoms with E-state index >= 15 is 0 Å². The van der Waals surface area contributed by atoms with Crippen LogP contribution in [-0.4, -0.2) is 45.8 Å². The standard InChI is InChI=1S/C18H26N6O/c1-14-21-22-17(23(14)2)13-20-18(24-10-4-5-11-24)19-12-15-6-8-16(25-3)9-7-15/h6-9H,4-5,10-13H2,1-3H3,(H,19,20). The molecule has 0 amide bonds. The molecule has 0 bridgehead atoms. The smallest absolute Gasteiger partial charge is 0.194 e. The number of nitrogens with zero attached hydrogens (tertiary/aromatic N) is 5. The van der Waals surface area contributed by atoms with Crippen molar-refractivity contribution in [2.75, 3.05) is 20.2 Å². The van der Waals surface area contributed by atoms with Crippen molar-refractivity contribution >= 4 is 5.96 Å². The lowest BCUT2D eigenvalue weighted by atomic mass is 10.2. The van der Waals surface area contributed by atoms with Crippen LogP contribution in [0, 0.1) is 6.92 Å². The zero-order chi connectivity index (χ0) is 17.6. The number of aryl methyl sites for hydroxylation is 1. The van der Waals surface area contributed by atoms with Crippen LogP contribution in [-0.2, 0) is 20.1 Å². The summed E-state index contributed by atoms with van der Waals surface area (Å²) < 4.78 is 7.20. The van der Waals surface area contributed by atoms with Gasteiger partial charge in [0.1, 0.15) is 11.6 Å². The van der Waals surface area contributed by atoms with Crippen molar-refractivity contribution in [3.63, 3.8) is 0 Å².